The van der Waals surface area contributed by atoms with Crippen molar-refractivity contribution in [3.63, 3.8) is 0 Å². The third-order valence-corrected chi connectivity index (χ3v) is 3.38. The summed E-state index contributed by atoms with van der Waals surface area (Å²) in [6.07, 6.45) is 5.88. The normalized spacial score (nSPS) is 20.8. The van der Waals surface area contributed by atoms with Gasteiger partial charge in [0.05, 0.1) is 12.7 Å². The molecule has 1 aliphatic heterocycles. The number of nitrogens with two attached hydrogens (primary N) is 1. The number of hydrogen-bond acceptors (Lipinski definition) is 3. The molecule has 1 saturated heterocycles. The van der Waals surface area contributed by atoms with Gasteiger partial charge in [0.2, 0.25) is 0 Å². The zero-order chi connectivity index (χ0) is 12.6. The summed E-state index contributed by atoms with van der Waals surface area (Å²) in [6, 6.07) is 10.1. The van der Waals surface area contributed by atoms with Crippen LogP contribution in [0.25, 0.3) is 0 Å². The van der Waals surface area contributed by atoms with Crippen LogP contribution in [0.2, 0.25) is 0 Å². The van der Waals surface area contributed by atoms with Gasteiger partial charge >= 0.3 is 0 Å². The van der Waals surface area contributed by atoms with Crippen molar-refractivity contribution in [2.45, 2.75) is 44.2 Å². The first-order valence-corrected chi connectivity index (χ1v) is 6.89. The molecule has 1 aromatic carbocycles. The molecule has 1 aliphatic rings. The molecular weight excluding hydrogens is 226 g/mol. The molecule has 1 fully saturated rings. The molecule has 0 spiro atoms. The first kappa shape index (κ1) is 13.4. The Kier molecular flexibility index (Phi) is 5.49. The van der Waals surface area contributed by atoms with E-state index in [0.29, 0.717) is 12.7 Å². The first-order chi connectivity index (χ1) is 8.84. The van der Waals surface area contributed by atoms with E-state index in [9.17, 15) is 0 Å². The zero-order valence-corrected chi connectivity index (χ0v) is 10.9. The lowest BCUT2D eigenvalue weighted by Gasteiger charge is -2.15. The Labute approximate surface area is 109 Å². The molecule has 3 heteroatoms. The van der Waals surface area contributed by atoms with Gasteiger partial charge in [-0.15, -0.1) is 0 Å². The number of para-hydroxylation sites is 1. The van der Waals surface area contributed by atoms with Crippen LogP contribution in [0.3, 0.4) is 0 Å². The van der Waals surface area contributed by atoms with E-state index < -0.39 is 0 Å². The van der Waals surface area contributed by atoms with E-state index in [1.54, 1.807) is 0 Å². The Bertz CT molecular complexity index is 323. The van der Waals surface area contributed by atoms with Crippen molar-refractivity contribution < 1.29 is 9.47 Å². The maximum Gasteiger partial charge on any atom is 0.119 e. The summed E-state index contributed by atoms with van der Waals surface area (Å²) in [6.45, 7) is 1.62. The molecule has 0 amide bonds. The van der Waals surface area contributed by atoms with Gasteiger partial charge in [-0.3, -0.25) is 0 Å². The summed E-state index contributed by atoms with van der Waals surface area (Å²) in [4.78, 5) is 0. The van der Waals surface area contributed by atoms with E-state index in [0.717, 1.165) is 31.6 Å². The standard InChI is InChI=1S/C15H23NO2/c16-13(8-9-15-7-4-11-17-15)10-12-18-14-5-2-1-3-6-14/h1-3,5-6,13,15H,4,7-12,16H2. The third kappa shape index (κ3) is 4.67. The molecule has 2 N–H and O–H groups in total. The molecule has 0 radical (unpaired) electrons. The molecular formula is C15H23NO2. The van der Waals surface area contributed by atoms with Crippen LogP contribution in [0.4, 0.5) is 0 Å². The number of hydrogen-bond donors (Lipinski definition) is 1. The summed E-state index contributed by atoms with van der Waals surface area (Å²) in [5.74, 6) is 0.920. The van der Waals surface area contributed by atoms with Crippen molar-refractivity contribution in [3.05, 3.63) is 30.3 Å². The lowest BCUT2D eigenvalue weighted by atomic mass is 10.0. The summed E-state index contributed by atoms with van der Waals surface area (Å²) in [5, 5.41) is 0. The van der Waals surface area contributed by atoms with Gasteiger partial charge in [0.25, 0.3) is 0 Å². The predicted octanol–water partition coefficient (Wildman–Crippen LogP) is 2.74. The molecule has 1 aromatic rings. The van der Waals surface area contributed by atoms with Crippen LogP contribution >= 0.6 is 0 Å². The van der Waals surface area contributed by atoms with Gasteiger partial charge in [0.15, 0.2) is 0 Å². The van der Waals surface area contributed by atoms with E-state index >= 15 is 0 Å². The molecule has 0 aromatic heterocycles. The fourth-order valence-electron chi connectivity index (χ4n) is 2.26. The lowest BCUT2D eigenvalue weighted by Crippen LogP contribution is -2.24. The van der Waals surface area contributed by atoms with Gasteiger partial charge in [-0.1, -0.05) is 18.2 Å². The Hall–Kier alpha value is -1.06. The largest absolute Gasteiger partial charge is 0.494 e. The van der Waals surface area contributed by atoms with Crippen LogP contribution < -0.4 is 10.5 Å². The monoisotopic (exact) mass is 249 g/mol. The van der Waals surface area contributed by atoms with E-state index in [1.165, 1.54) is 12.8 Å². The summed E-state index contributed by atoms with van der Waals surface area (Å²) < 4.78 is 11.2. The number of ether oxygens (including phenoxy) is 2. The van der Waals surface area contributed by atoms with Crippen molar-refractivity contribution in [1.29, 1.82) is 0 Å². The average molecular weight is 249 g/mol. The van der Waals surface area contributed by atoms with Crippen molar-refractivity contribution in [1.82, 2.24) is 0 Å². The summed E-state index contributed by atoms with van der Waals surface area (Å²) in [5.41, 5.74) is 6.08. The molecule has 3 nitrogen and oxygen atoms in total. The van der Waals surface area contributed by atoms with E-state index in [-0.39, 0.29) is 6.04 Å². The second-order valence-corrected chi connectivity index (χ2v) is 4.92. The summed E-state index contributed by atoms with van der Waals surface area (Å²) in [7, 11) is 0. The second-order valence-electron chi connectivity index (χ2n) is 4.92. The van der Waals surface area contributed by atoms with Gasteiger partial charge in [-0.25, -0.2) is 0 Å². The van der Waals surface area contributed by atoms with Crippen LogP contribution in [0.15, 0.2) is 30.3 Å². The fraction of sp³-hybridized carbons (Fsp3) is 0.600. The Balaban J connectivity index is 1.55. The third-order valence-electron chi connectivity index (χ3n) is 3.38. The maximum absolute atomic E-state index is 6.08. The van der Waals surface area contributed by atoms with Crippen LogP contribution in [0, 0.1) is 0 Å². The van der Waals surface area contributed by atoms with Crippen LogP contribution in [-0.2, 0) is 4.74 Å². The fourth-order valence-corrected chi connectivity index (χ4v) is 2.26. The predicted molar refractivity (Wildman–Crippen MR) is 72.7 cm³/mol. The molecule has 2 unspecified atom stereocenters. The van der Waals surface area contributed by atoms with Crippen LogP contribution in [0.5, 0.6) is 5.75 Å². The lowest BCUT2D eigenvalue weighted by molar-refractivity contribution is 0.0999. The van der Waals surface area contributed by atoms with Crippen LogP contribution in [0.1, 0.15) is 32.1 Å². The number of benzene rings is 1. The van der Waals surface area contributed by atoms with Gasteiger partial charge in [0, 0.05) is 12.6 Å². The second kappa shape index (κ2) is 7.39. The Morgan fingerprint density at radius 1 is 1.28 bits per heavy atom. The van der Waals surface area contributed by atoms with Crippen LogP contribution in [-0.4, -0.2) is 25.4 Å². The summed E-state index contributed by atoms with van der Waals surface area (Å²) >= 11 is 0. The molecule has 1 heterocycles. The van der Waals surface area contributed by atoms with Gasteiger partial charge < -0.3 is 15.2 Å². The van der Waals surface area contributed by atoms with Crippen molar-refractivity contribution >= 4 is 0 Å². The Morgan fingerprint density at radius 3 is 2.83 bits per heavy atom. The first-order valence-electron chi connectivity index (χ1n) is 6.89. The van der Waals surface area contributed by atoms with Gasteiger partial charge in [-0.2, -0.15) is 0 Å². The van der Waals surface area contributed by atoms with Crippen molar-refractivity contribution in [2.75, 3.05) is 13.2 Å². The molecule has 0 aliphatic carbocycles. The topological polar surface area (TPSA) is 44.5 Å². The number of rotatable bonds is 7. The zero-order valence-electron chi connectivity index (χ0n) is 10.9. The maximum atomic E-state index is 6.08. The molecule has 18 heavy (non-hydrogen) atoms. The van der Waals surface area contributed by atoms with Gasteiger partial charge in [0.1, 0.15) is 5.75 Å². The highest BCUT2D eigenvalue weighted by molar-refractivity contribution is 5.20. The Morgan fingerprint density at radius 2 is 2.11 bits per heavy atom. The minimum absolute atomic E-state index is 0.220. The van der Waals surface area contributed by atoms with Crippen molar-refractivity contribution in [2.24, 2.45) is 5.73 Å². The molecule has 2 atom stereocenters. The van der Waals surface area contributed by atoms with E-state index in [4.69, 9.17) is 15.2 Å². The minimum Gasteiger partial charge on any atom is -0.494 e. The molecule has 0 bridgehead atoms. The molecule has 2 rings (SSSR count). The highest BCUT2D eigenvalue weighted by Gasteiger charge is 2.16. The van der Waals surface area contributed by atoms with Gasteiger partial charge in [-0.05, 0) is 44.2 Å². The average Bonchev–Trinajstić information content (AvgIpc) is 2.91. The van der Waals surface area contributed by atoms with E-state index in [2.05, 4.69) is 0 Å². The van der Waals surface area contributed by atoms with E-state index in [1.807, 2.05) is 30.3 Å². The van der Waals surface area contributed by atoms with Crippen molar-refractivity contribution in [3.8, 4) is 5.75 Å². The molecule has 100 valence electrons. The molecule has 0 saturated carbocycles. The minimum atomic E-state index is 0.220. The highest BCUT2D eigenvalue weighted by atomic mass is 16.5. The SMILES string of the molecule is NC(CCOc1ccccc1)CCC1CCCO1. The highest BCUT2D eigenvalue weighted by Crippen LogP contribution is 2.18. The smallest absolute Gasteiger partial charge is 0.119 e. The quantitative estimate of drug-likeness (QED) is 0.808.